The van der Waals surface area contributed by atoms with E-state index in [4.69, 9.17) is 4.99 Å². The fourth-order valence-electron chi connectivity index (χ4n) is 4.46. The Balaban J connectivity index is 1.61. The van der Waals surface area contributed by atoms with Gasteiger partial charge in [0.05, 0.1) is 10.9 Å². The number of sulfonamides is 1. The molecule has 1 aliphatic heterocycles. The van der Waals surface area contributed by atoms with E-state index >= 15 is 0 Å². The summed E-state index contributed by atoms with van der Waals surface area (Å²) in [4.78, 5) is 5.18. The first-order valence-corrected chi connectivity index (χ1v) is 9.93. The highest BCUT2D eigenvalue weighted by Crippen LogP contribution is 2.49. The van der Waals surface area contributed by atoms with E-state index in [9.17, 15) is 8.42 Å². The quantitative estimate of drug-likeness (QED) is 0.867. The largest absolute Gasteiger partial charge is 0.263 e. The van der Waals surface area contributed by atoms with Gasteiger partial charge in [0.1, 0.15) is 5.84 Å². The van der Waals surface area contributed by atoms with Crippen molar-refractivity contribution in [2.24, 2.45) is 4.99 Å². The van der Waals surface area contributed by atoms with Gasteiger partial charge < -0.3 is 0 Å². The van der Waals surface area contributed by atoms with Crippen molar-refractivity contribution >= 4 is 15.9 Å². The average molecular weight is 338 g/mol. The summed E-state index contributed by atoms with van der Waals surface area (Å²) in [6.07, 6.45) is 4.59. The molecule has 2 unspecified atom stereocenters. The summed E-state index contributed by atoms with van der Waals surface area (Å²) < 4.78 is 27.2. The average Bonchev–Trinajstić information content (AvgIpc) is 3.06. The molecule has 0 saturated heterocycles. The molecule has 5 heteroatoms. The summed E-state index contributed by atoms with van der Waals surface area (Å²) in [6, 6.07) is 13.6. The van der Waals surface area contributed by atoms with E-state index in [0.717, 1.165) is 12.8 Å². The highest BCUT2D eigenvalue weighted by Gasteiger charge is 2.36. The molecule has 0 fully saturated rings. The van der Waals surface area contributed by atoms with Crippen molar-refractivity contribution in [2.75, 3.05) is 0 Å². The molecule has 5 rings (SSSR count). The monoisotopic (exact) mass is 338 g/mol. The zero-order valence-corrected chi connectivity index (χ0v) is 14.0. The molecule has 3 aliphatic rings. The molecule has 1 N–H and O–H groups in total. The first kappa shape index (κ1) is 14.2. The number of benzene rings is 2. The number of amidine groups is 1. The molecule has 0 aromatic heterocycles. The maximum atomic E-state index is 12.3. The minimum atomic E-state index is -3.47. The summed E-state index contributed by atoms with van der Waals surface area (Å²) in [5, 5.41) is 0. The van der Waals surface area contributed by atoms with Crippen LogP contribution >= 0.6 is 0 Å². The lowest BCUT2D eigenvalue weighted by molar-refractivity contribution is 0.525. The Morgan fingerprint density at radius 3 is 2.88 bits per heavy atom. The van der Waals surface area contributed by atoms with Gasteiger partial charge in [0.15, 0.2) is 0 Å². The van der Waals surface area contributed by atoms with Gasteiger partial charge in [-0.1, -0.05) is 30.3 Å². The van der Waals surface area contributed by atoms with E-state index in [2.05, 4.69) is 22.9 Å². The van der Waals surface area contributed by atoms with Crippen molar-refractivity contribution in [1.82, 2.24) is 4.72 Å². The number of nitrogens with one attached hydrogen (secondary N) is 1. The van der Waals surface area contributed by atoms with Crippen molar-refractivity contribution in [2.45, 2.75) is 42.5 Å². The molecule has 0 spiro atoms. The lowest BCUT2D eigenvalue weighted by Crippen LogP contribution is -2.22. The molecular weight excluding hydrogens is 320 g/mol. The molecule has 0 saturated carbocycles. The van der Waals surface area contributed by atoms with Gasteiger partial charge >= 0.3 is 0 Å². The zero-order valence-electron chi connectivity index (χ0n) is 13.2. The summed E-state index contributed by atoms with van der Waals surface area (Å²) >= 11 is 0. The fourth-order valence-corrected chi connectivity index (χ4v) is 5.70. The molecule has 2 atom stereocenters. The van der Waals surface area contributed by atoms with Crippen molar-refractivity contribution in [3.63, 3.8) is 0 Å². The van der Waals surface area contributed by atoms with E-state index in [0.29, 0.717) is 22.2 Å². The number of aryl methyl sites for hydroxylation is 1. The Labute approximate surface area is 141 Å². The van der Waals surface area contributed by atoms with E-state index < -0.39 is 10.0 Å². The third-order valence-electron chi connectivity index (χ3n) is 5.45. The SMILES string of the molecule is O=S1(=O)NC(=NC2CC3CCCc4cccc2c43)c2ccccc21. The van der Waals surface area contributed by atoms with Crippen LogP contribution in [0.4, 0.5) is 0 Å². The molecule has 122 valence electrons. The van der Waals surface area contributed by atoms with E-state index in [-0.39, 0.29) is 6.04 Å². The van der Waals surface area contributed by atoms with E-state index in [1.54, 1.807) is 12.1 Å². The topological polar surface area (TPSA) is 58.5 Å². The van der Waals surface area contributed by atoms with Gasteiger partial charge in [-0.2, -0.15) is 0 Å². The van der Waals surface area contributed by atoms with Gasteiger partial charge in [-0.15, -0.1) is 0 Å². The molecule has 24 heavy (non-hydrogen) atoms. The first-order chi connectivity index (χ1) is 11.6. The number of hydrogen-bond acceptors (Lipinski definition) is 3. The van der Waals surface area contributed by atoms with Crippen molar-refractivity contribution in [3.8, 4) is 0 Å². The second-order valence-corrected chi connectivity index (χ2v) is 8.49. The van der Waals surface area contributed by atoms with Gasteiger partial charge in [-0.25, -0.2) is 8.42 Å². The molecule has 0 radical (unpaired) electrons. The standard InChI is InChI=1S/C19H18N2O2S/c22-24(23)17-10-2-1-8-15(17)19(21-24)20-16-11-13-7-3-5-12-6-4-9-14(16)18(12)13/h1-2,4,6,8-10,13,16H,3,5,7,11H2,(H,20,21). The van der Waals surface area contributed by atoms with Crippen LogP contribution in [0.2, 0.25) is 0 Å². The minimum absolute atomic E-state index is 0.0481. The Morgan fingerprint density at radius 1 is 1.08 bits per heavy atom. The second kappa shape index (κ2) is 4.93. The molecule has 0 bridgehead atoms. The maximum Gasteiger partial charge on any atom is 0.263 e. The summed E-state index contributed by atoms with van der Waals surface area (Å²) in [6.45, 7) is 0. The smallest absolute Gasteiger partial charge is 0.263 e. The predicted octanol–water partition coefficient (Wildman–Crippen LogP) is 3.29. The highest BCUT2D eigenvalue weighted by atomic mass is 32.2. The highest BCUT2D eigenvalue weighted by molar-refractivity contribution is 7.90. The number of fused-ring (bicyclic) bond motifs is 1. The van der Waals surface area contributed by atoms with Gasteiger partial charge in [-0.05, 0) is 60.4 Å². The molecule has 2 aromatic rings. The predicted molar refractivity (Wildman–Crippen MR) is 92.8 cm³/mol. The van der Waals surface area contributed by atoms with Crippen LogP contribution < -0.4 is 4.72 Å². The van der Waals surface area contributed by atoms with E-state index in [1.165, 1.54) is 29.5 Å². The van der Waals surface area contributed by atoms with Crippen LogP contribution in [-0.4, -0.2) is 14.3 Å². The summed E-state index contributed by atoms with van der Waals surface area (Å²) in [7, 11) is -3.47. The molecule has 0 amide bonds. The van der Waals surface area contributed by atoms with E-state index in [1.807, 2.05) is 12.1 Å². The van der Waals surface area contributed by atoms with Crippen LogP contribution in [0.3, 0.4) is 0 Å². The van der Waals surface area contributed by atoms with Gasteiger partial charge in [-0.3, -0.25) is 9.71 Å². The molecule has 2 aliphatic carbocycles. The number of hydrogen-bond donors (Lipinski definition) is 1. The van der Waals surface area contributed by atoms with Crippen LogP contribution in [-0.2, 0) is 16.4 Å². The third-order valence-corrected chi connectivity index (χ3v) is 6.85. The lowest BCUT2D eigenvalue weighted by Gasteiger charge is -2.20. The van der Waals surface area contributed by atoms with Crippen molar-refractivity contribution in [3.05, 3.63) is 64.7 Å². The van der Waals surface area contributed by atoms with Gasteiger partial charge in [0, 0.05) is 5.56 Å². The molecular formula is C19H18N2O2S. The summed E-state index contributed by atoms with van der Waals surface area (Å²) in [5.74, 6) is 1.07. The Bertz CT molecular complexity index is 979. The number of nitrogens with zero attached hydrogens (tertiary/aromatic N) is 1. The number of aliphatic imine (C=N–C) groups is 1. The van der Waals surface area contributed by atoms with Gasteiger partial charge in [0.2, 0.25) is 0 Å². The Hall–Kier alpha value is -2.14. The van der Waals surface area contributed by atoms with Gasteiger partial charge in [0.25, 0.3) is 10.0 Å². The second-order valence-electron chi connectivity index (χ2n) is 6.84. The lowest BCUT2D eigenvalue weighted by atomic mass is 9.84. The van der Waals surface area contributed by atoms with Crippen LogP contribution in [0, 0.1) is 0 Å². The normalized spacial score (nSPS) is 27.6. The van der Waals surface area contributed by atoms with Crippen LogP contribution in [0.25, 0.3) is 0 Å². The van der Waals surface area contributed by atoms with Crippen LogP contribution in [0.5, 0.6) is 0 Å². The maximum absolute atomic E-state index is 12.3. The van der Waals surface area contributed by atoms with Crippen LogP contribution in [0.15, 0.2) is 52.4 Å². The van der Waals surface area contributed by atoms with Crippen LogP contribution in [0.1, 0.15) is 53.5 Å². The zero-order chi connectivity index (χ0) is 16.3. The number of rotatable bonds is 1. The Morgan fingerprint density at radius 2 is 1.96 bits per heavy atom. The minimum Gasteiger partial charge on any atom is -0.263 e. The molecule has 1 heterocycles. The first-order valence-electron chi connectivity index (χ1n) is 8.45. The molecule has 4 nitrogen and oxygen atoms in total. The molecule has 2 aromatic carbocycles. The Kier molecular flexibility index (Phi) is 2.92. The third kappa shape index (κ3) is 1.97. The van der Waals surface area contributed by atoms with Crippen molar-refractivity contribution in [1.29, 1.82) is 0 Å². The van der Waals surface area contributed by atoms with Crippen molar-refractivity contribution < 1.29 is 8.42 Å². The fraction of sp³-hybridized carbons (Fsp3) is 0.316. The summed E-state index contributed by atoms with van der Waals surface area (Å²) in [5.41, 5.74) is 4.91.